The van der Waals surface area contributed by atoms with Crippen LogP contribution in [0.3, 0.4) is 0 Å². The van der Waals surface area contributed by atoms with Crippen molar-refractivity contribution in [3.05, 3.63) is 24.5 Å². The Morgan fingerprint density at radius 3 is 2.60 bits per heavy atom. The number of carboxylic acid groups (broad SMARTS) is 1. The van der Waals surface area contributed by atoms with Gasteiger partial charge in [0.15, 0.2) is 0 Å². The van der Waals surface area contributed by atoms with E-state index >= 15 is 0 Å². The van der Waals surface area contributed by atoms with Crippen LogP contribution >= 0.6 is 0 Å². The minimum Gasteiger partial charge on any atom is -0.478 e. The number of ether oxygens (including phenoxy) is 1. The van der Waals surface area contributed by atoms with Crippen LogP contribution in [0.5, 0.6) is 0 Å². The molecule has 0 aromatic carbocycles. The lowest BCUT2D eigenvalue weighted by atomic mass is 10.5. The molecular formula is C6H6O4. The zero-order valence-corrected chi connectivity index (χ0v) is 5.06. The summed E-state index contributed by atoms with van der Waals surface area (Å²) in [5, 5.41) is 8.04. The monoisotopic (exact) mass is 142 g/mol. The average molecular weight is 142 g/mol. The smallest absolute Gasteiger partial charge is 0.328 e. The summed E-state index contributed by atoms with van der Waals surface area (Å²) >= 11 is 0. The van der Waals surface area contributed by atoms with E-state index < -0.39 is 5.97 Å². The number of carbonyl (C=O) groups excluding carboxylic acids is 1. The molecule has 0 heterocycles. The van der Waals surface area contributed by atoms with Crippen molar-refractivity contribution < 1.29 is 19.4 Å². The second kappa shape index (κ2) is 5.55. The Hall–Kier alpha value is -1.58. The number of rotatable bonds is 4. The Labute approximate surface area is 57.4 Å². The first-order valence-corrected chi connectivity index (χ1v) is 2.42. The summed E-state index contributed by atoms with van der Waals surface area (Å²) in [7, 11) is 0. The van der Waals surface area contributed by atoms with E-state index in [9.17, 15) is 9.59 Å². The molecule has 54 valence electrons. The van der Waals surface area contributed by atoms with Gasteiger partial charge in [-0.05, 0) is 6.08 Å². The fourth-order valence-electron chi connectivity index (χ4n) is 0.261. The van der Waals surface area contributed by atoms with Crippen LogP contribution in [0.15, 0.2) is 24.5 Å². The van der Waals surface area contributed by atoms with E-state index in [-0.39, 0.29) is 6.47 Å². The van der Waals surface area contributed by atoms with E-state index in [2.05, 4.69) is 4.74 Å². The van der Waals surface area contributed by atoms with Crippen LogP contribution in [0.4, 0.5) is 0 Å². The van der Waals surface area contributed by atoms with Gasteiger partial charge in [0.25, 0.3) is 6.47 Å². The maximum atomic E-state index is 9.80. The van der Waals surface area contributed by atoms with Crippen LogP contribution in [0, 0.1) is 0 Å². The SMILES string of the molecule is O=COC=C/C=C/C(=O)O. The molecule has 0 saturated heterocycles. The zero-order valence-electron chi connectivity index (χ0n) is 5.06. The first kappa shape index (κ1) is 8.42. The molecule has 4 nitrogen and oxygen atoms in total. The summed E-state index contributed by atoms with van der Waals surface area (Å²) in [4.78, 5) is 19.3. The Kier molecular flexibility index (Phi) is 4.68. The van der Waals surface area contributed by atoms with Crippen molar-refractivity contribution >= 4 is 12.4 Å². The van der Waals surface area contributed by atoms with Crippen molar-refractivity contribution in [2.45, 2.75) is 0 Å². The van der Waals surface area contributed by atoms with Crippen molar-refractivity contribution in [1.29, 1.82) is 0 Å². The molecule has 0 unspecified atom stereocenters. The molecule has 0 spiro atoms. The third-order valence-corrected chi connectivity index (χ3v) is 0.563. The maximum absolute atomic E-state index is 9.80. The van der Waals surface area contributed by atoms with Crippen molar-refractivity contribution in [1.82, 2.24) is 0 Å². The van der Waals surface area contributed by atoms with E-state index in [4.69, 9.17) is 5.11 Å². The molecule has 10 heavy (non-hydrogen) atoms. The van der Waals surface area contributed by atoms with Crippen LogP contribution in [-0.4, -0.2) is 17.5 Å². The van der Waals surface area contributed by atoms with Crippen molar-refractivity contribution in [2.75, 3.05) is 0 Å². The fraction of sp³-hybridized carbons (Fsp3) is 0. The molecule has 0 aliphatic rings. The summed E-state index contributed by atoms with van der Waals surface area (Å²) in [6, 6.07) is 0. The lowest BCUT2D eigenvalue weighted by Crippen LogP contribution is -1.84. The maximum Gasteiger partial charge on any atom is 0.328 e. The summed E-state index contributed by atoms with van der Waals surface area (Å²) in [5.74, 6) is -1.05. The molecule has 0 aromatic heterocycles. The van der Waals surface area contributed by atoms with Crippen molar-refractivity contribution in [3.8, 4) is 0 Å². The minimum absolute atomic E-state index is 0.241. The Balaban J connectivity index is 3.51. The Morgan fingerprint density at radius 1 is 1.40 bits per heavy atom. The highest BCUT2D eigenvalue weighted by atomic mass is 16.5. The van der Waals surface area contributed by atoms with Crippen LogP contribution in [-0.2, 0) is 14.3 Å². The molecule has 0 atom stereocenters. The molecule has 0 radical (unpaired) electrons. The van der Waals surface area contributed by atoms with Crippen LogP contribution in [0.1, 0.15) is 0 Å². The van der Waals surface area contributed by atoms with Crippen LogP contribution in [0.25, 0.3) is 0 Å². The van der Waals surface area contributed by atoms with Gasteiger partial charge in [0.1, 0.15) is 0 Å². The highest BCUT2D eigenvalue weighted by molar-refractivity contribution is 5.80. The Morgan fingerprint density at radius 2 is 2.10 bits per heavy atom. The molecule has 0 fully saturated rings. The number of hydrogen-bond donors (Lipinski definition) is 1. The summed E-state index contributed by atoms with van der Waals surface area (Å²) in [6.45, 7) is 0.241. The molecule has 0 bridgehead atoms. The number of carbonyl (C=O) groups is 2. The lowest BCUT2D eigenvalue weighted by Gasteiger charge is -1.78. The van der Waals surface area contributed by atoms with Gasteiger partial charge in [0.2, 0.25) is 0 Å². The molecular weight excluding hydrogens is 136 g/mol. The van der Waals surface area contributed by atoms with Gasteiger partial charge in [-0.1, -0.05) is 6.08 Å². The quantitative estimate of drug-likeness (QED) is 0.265. The first-order valence-electron chi connectivity index (χ1n) is 2.42. The Bertz CT molecular complexity index is 169. The van der Waals surface area contributed by atoms with E-state index in [1.807, 2.05) is 0 Å². The number of hydrogen-bond acceptors (Lipinski definition) is 3. The number of carboxylic acids is 1. The van der Waals surface area contributed by atoms with E-state index in [0.29, 0.717) is 0 Å². The molecule has 0 aliphatic carbocycles. The van der Waals surface area contributed by atoms with E-state index in [1.165, 1.54) is 12.2 Å². The lowest BCUT2D eigenvalue weighted by molar-refractivity contribution is -0.131. The normalized spacial score (nSPS) is 10.4. The molecule has 4 heteroatoms. The van der Waals surface area contributed by atoms with Gasteiger partial charge >= 0.3 is 5.97 Å². The minimum atomic E-state index is -1.05. The molecule has 0 aromatic rings. The first-order chi connectivity index (χ1) is 4.77. The predicted molar refractivity (Wildman–Crippen MR) is 33.1 cm³/mol. The highest BCUT2D eigenvalue weighted by Gasteiger charge is 1.79. The van der Waals surface area contributed by atoms with Gasteiger partial charge in [0, 0.05) is 6.08 Å². The van der Waals surface area contributed by atoms with E-state index in [0.717, 1.165) is 12.3 Å². The van der Waals surface area contributed by atoms with Gasteiger partial charge in [-0.2, -0.15) is 0 Å². The summed E-state index contributed by atoms with van der Waals surface area (Å²) in [6.07, 6.45) is 4.53. The predicted octanol–water partition coefficient (Wildman–Crippen LogP) is 0.314. The molecule has 0 aliphatic heterocycles. The molecule has 0 saturated carbocycles. The van der Waals surface area contributed by atoms with Gasteiger partial charge in [0.05, 0.1) is 6.26 Å². The highest BCUT2D eigenvalue weighted by Crippen LogP contribution is 1.77. The van der Waals surface area contributed by atoms with Gasteiger partial charge in [-0.15, -0.1) is 0 Å². The standard InChI is InChI=1S/C6H6O4/c7-5-10-4-2-1-3-6(8)9/h1-5H,(H,8,9)/b3-1+,4-2?. The second-order valence-corrected chi connectivity index (χ2v) is 1.26. The second-order valence-electron chi connectivity index (χ2n) is 1.26. The molecule has 0 amide bonds. The van der Waals surface area contributed by atoms with Crippen molar-refractivity contribution in [3.63, 3.8) is 0 Å². The summed E-state index contributed by atoms with van der Waals surface area (Å²) in [5.41, 5.74) is 0. The number of allylic oxidation sites excluding steroid dienone is 2. The zero-order chi connectivity index (χ0) is 7.82. The summed E-state index contributed by atoms with van der Waals surface area (Å²) < 4.78 is 4.11. The third-order valence-electron chi connectivity index (χ3n) is 0.563. The average Bonchev–Trinajstić information content (AvgIpc) is 1.87. The van der Waals surface area contributed by atoms with Crippen LogP contribution < -0.4 is 0 Å². The topological polar surface area (TPSA) is 63.6 Å². The van der Waals surface area contributed by atoms with E-state index in [1.54, 1.807) is 0 Å². The van der Waals surface area contributed by atoms with Gasteiger partial charge in [-0.25, -0.2) is 4.79 Å². The fourth-order valence-corrected chi connectivity index (χ4v) is 0.261. The third kappa shape index (κ3) is 6.42. The van der Waals surface area contributed by atoms with Gasteiger partial charge in [-0.3, -0.25) is 4.79 Å². The largest absolute Gasteiger partial charge is 0.478 e. The molecule has 0 rings (SSSR count). The van der Waals surface area contributed by atoms with Gasteiger partial charge < -0.3 is 9.84 Å². The number of aliphatic carboxylic acids is 1. The molecule has 1 N–H and O–H groups in total. The van der Waals surface area contributed by atoms with Crippen LogP contribution in [0.2, 0.25) is 0 Å². The van der Waals surface area contributed by atoms with Crippen molar-refractivity contribution in [2.24, 2.45) is 0 Å².